The monoisotopic (exact) mass is 756 g/mol. The molecule has 0 aliphatic rings. The van der Waals surface area contributed by atoms with Crippen LogP contribution in [0, 0.1) is 0 Å². The second-order valence-corrected chi connectivity index (χ2v) is 12.4. The van der Waals surface area contributed by atoms with Crippen LogP contribution < -0.4 is 0 Å². The van der Waals surface area contributed by atoms with E-state index in [1.54, 1.807) is 36.4 Å². The molecule has 0 aliphatic carbocycles. The lowest BCUT2D eigenvalue weighted by Gasteiger charge is -2.25. The van der Waals surface area contributed by atoms with Gasteiger partial charge in [0.1, 0.15) is 17.4 Å². The van der Waals surface area contributed by atoms with Gasteiger partial charge in [0.2, 0.25) is 0 Å². The molecule has 230 valence electrons. The summed E-state index contributed by atoms with van der Waals surface area (Å²) in [5.74, 6) is -2.54. The van der Waals surface area contributed by atoms with Gasteiger partial charge in [0.15, 0.2) is 6.10 Å². The summed E-state index contributed by atoms with van der Waals surface area (Å²) in [7, 11) is 0. The first-order valence-corrected chi connectivity index (χ1v) is 15.1. The highest BCUT2D eigenvalue weighted by Gasteiger charge is 2.46. The summed E-state index contributed by atoms with van der Waals surface area (Å²) in [6, 6.07) is 17.4. The van der Waals surface area contributed by atoms with E-state index in [1.807, 2.05) is 0 Å². The number of ether oxygens (including phenoxy) is 1. The maximum Gasteiger partial charge on any atom is 0.490 e. The molecule has 45 heavy (non-hydrogen) atoms. The van der Waals surface area contributed by atoms with E-state index in [9.17, 15) is 23.1 Å². The van der Waals surface area contributed by atoms with Gasteiger partial charge in [-0.15, -0.1) is 0 Å². The molecular formula is C30H16BrCl4F3N4O3. The number of carbonyl (C=O) groups is 1. The highest BCUT2D eigenvalue weighted by atomic mass is 79.9. The van der Waals surface area contributed by atoms with Crippen LogP contribution in [-0.4, -0.2) is 36.0 Å². The molecule has 4 heterocycles. The van der Waals surface area contributed by atoms with E-state index in [0.29, 0.717) is 16.2 Å². The Kier molecular flexibility index (Phi) is 8.53. The van der Waals surface area contributed by atoms with Crippen molar-refractivity contribution in [2.45, 2.75) is 18.4 Å². The number of hydrogen-bond acceptors (Lipinski definition) is 5. The Labute approximate surface area is 280 Å². The first-order chi connectivity index (χ1) is 21.3. The van der Waals surface area contributed by atoms with Crippen LogP contribution in [0.15, 0.2) is 83.6 Å². The van der Waals surface area contributed by atoms with Crippen molar-refractivity contribution in [3.63, 3.8) is 0 Å². The molecule has 0 radical (unpaired) electrons. The minimum atomic E-state index is -5.41. The number of nitrogens with zero attached hydrogens (tertiary/aromatic N) is 4. The molecule has 1 N–H and O–H groups in total. The molecule has 6 aromatic rings. The van der Waals surface area contributed by atoms with Gasteiger partial charge >= 0.3 is 12.1 Å². The number of aliphatic hydroxyl groups is 1. The van der Waals surface area contributed by atoms with Gasteiger partial charge < -0.3 is 9.84 Å². The van der Waals surface area contributed by atoms with E-state index in [4.69, 9.17) is 51.1 Å². The number of esters is 1. The zero-order chi connectivity index (χ0) is 32.2. The predicted octanol–water partition coefficient (Wildman–Crippen LogP) is 9.57. The number of fused-ring (bicyclic) bond motifs is 2. The molecule has 0 aliphatic heterocycles. The number of pyridine rings is 2. The SMILES string of the molecule is O=C(OC(c1c(-c2ccc(Cl)cc2Cl)nc2cc(Cl)ccn12)C(O)c1c(-c2ccc(Br)cc2)nc2ccc(Cl)cn12)C(F)(F)F. The summed E-state index contributed by atoms with van der Waals surface area (Å²) in [5, 5.41) is 13.1. The van der Waals surface area contributed by atoms with Crippen molar-refractivity contribution in [2.75, 3.05) is 0 Å². The van der Waals surface area contributed by atoms with Gasteiger partial charge in [-0.1, -0.05) is 74.5 Å². The van der Waals surface area contributed by atoms with Crippen molar-refractivity contribution < 1.29 is 27.8 Å². The number of imidazole rings is 2. The number of aliphatic hydroxyl groups excluding tert-OH is 1. The molecule has 0 fully saturated rings. The fraction of sp³-hybridized carbons (Fsp3) is 0.100. The molecule has 0 saturated carbocycles. The summed E-state index contributed by atoms with van der Waals surface area (Å²) < 4.78 is 50.0. The lowest BCUT2D eigenvalue weighted by Crippen LogP contribution is -2.30. The normalized spacial score (nSPS) is 13.4. The first kappa shape index (κ1) is 31.7. The Morgan fingerprint density at radius 3 is 2.18 bits per heavy atom. The number of benzene rings is 2. The fourth-order valence-corrected chi connectivity index (χ4v) is 6.00. The Morgan fingerprint density at radius 2 is 1.49 bits per heavy atom. The summed E-state index contributed by atoms with van der Waals surface area (Å²) in [4.78, 5) is 21.7. The standard InChI is InChI=1S/C30H16BrCl4F3N4O3/c31-15-3-1-14(2-4-15)23-25(42-13-18(34)6-8-21(42)39-23)27(43)28(45-29(44)30(36,37)38)26-24(19-7-5-16(32)11-20(19)35)40-22-12-17(33)9-10-41(22)26/h1-13,27-28,43H. The third-order valence-electron chi connectivity index (χ3n) is 6.85. The number of alkyl halides is 3. The molecule has 4 aromatic heterocycles. The van der Waals surface area contributed by atoms with Crippen LogP contribution in [0.3, 0.4) is 0 Å². The van der Waals surface area contributed by atoms with E-state index >= 15 is 0 Å². The predicted molar refractivity (Wildman–Crippen MR) is 169 cm³/mol. The minimum absolute atomic E-state index is 0.00753. The lowest BCUT2D eigenvalue weighted by molar-refractivity contribution is -0.210. The van der Waals surface area contributed by atoms with Gasteiger partial charge in [0.05, 0.1) is 32.8 Å². The number of halogens is 8. The molecule has 0 bridgehead atoms. The van der Waals surface area contributed by atoms with Crippen LogP contribution in [-0.2, 0) is 9.53 Å². The van der Waals surface area contributed by atoms with Gasteiger partial charge in [-0.25, -0.2) is 14.8 Å². The Hall–Kier alpha value is -3.32. The van der Waals surface area contributed by atoms with Crippen LogP contribution in [0.1, 0.15) is 23.6 Å². The van der Waals surface area contributed by atoms with Gasteiger partial charge in [0.25, 0.3) is 0 Å². The molecule has 0 saturated heterocycles. The van der Waals surface area contributed by atoms with Crippen molar-refractivity contribution in [1.82, 2.24) is 18.8 Å². The second-order valence-electron chi connectivity index (χ2n) is 9.74. The molecule has 6 rings (SSSR count). The minimum Gasteiger partial charge on any atom is -0.446 e. The van der Waals surface area contributed by atoms with Crippen LogP contribution >= 0.6 is 62.3 Å². The van der Waals surface area contributed by atoms with Crippen LogP contribution in [0.25, 0.3) is 33.8 Å². The third-order valence-corrected chi connectivity index (χ3v) is 8.39. The molecule has 15 heteroatoms. The first-order valence-electron chi connectivity index (χ1n) is 12.8. The number of rotatable bonds is 6. The Bertz CT molecular complexity index is 2100. The molecule has 2 unspecified atom stereocenters. The zero-order valence-electron chi connectivity index (χ0n) is 22.2. The van der Waals surface area contributed by atoms with E-state index < -0.39 is 24.4 Å². The summed E-state index contributed by atoms with van der Waals surface area (Å²) in [5.41, 5.74) is 1.32. The van der Waals surface area contributed by atoms with Crippen molar-refractivity contribution in [3.8, 4) is 22.5 Å². The van der Waals surface area contributed by atoms with Crippen molar-refractivity contribution in [1.29, 1.82) is 0 Å². The molecular weight excluding hydrogens is 743 g/mol. The summed E-state index contributed by atoms with van der Waals surface area (Å²) in [6.07, 6.45) is -6.53. The van der Waals surface area contributed by atoms with Crippen molar-refractivity contribution >= 4 is 79.6 Å². The quantitative estimate of drug-likeness (QED) is 0.171. The van der Waals surface area contributed by atoms with Gasteiger partial charge in [0, 0.05) is 44.1 Å². The second kappa shape index (κ2) is 12.1. The molecule has 2 aromatic carbocycles. The Balaban J connectivity index is 1.66. The topological polar surface area (TPSA) is 81.1 Å². The average Bonchev–Trinajstić information content (AvgIpc) is 3.53. The van der Waals surface area contributed by atoms with E-state index in [0.717, 1.165) is 4.47 Å². The maximum absolute atomic E-state index is 13.8. The number of aromatic nitrogens is 4. The average molecular weight is 759 g/mol. The highest BCUT2D eigenvalue weighted by molar-refractivity contribution is 9.10. The van der Waals surface area contributed by atoms with E-state index in [-0.39, 0.29) is 49.1 Å². The van der Waals surface area contributed by atoms with E-state index in [2.05, 4.69) is 25.9 Å². The van der Waals surface area contributed by atoms with Gasteiger partial charge in [-0.05, 0) is 48.5 Å². The van der Waals surface area contributed by atoms with Crippen molar-refractivity contribution in [2.24, 2.45) is 0 Å². The number of carbonyl (C=O) groups excluding carboxylic acids is 1. The smallest absolute Gasteiger partial charge is 0.446 e. The van der Waals surface area contributed by atoms with Gasteiger partial charge in [-0.3, -0.25) is 8.80 Å². The zero-order valence-corrected chi connectivity index (χ0v) is 26.8. The highest BCUT2D eigenvalue weighted by Crippen LogP contribution is 2.44. The van der Waals surface area contributed by atoms with Gasteiger partial charge in [-0.2, -0.15) is 13.2 Å². The molecule has 2 atom stereocenters. The Morgan fingerprint density at radius 1 is 0.822 bits per heavy atom. The van der Waals surface area contributed by atoms with E-state index in [1.165, 1.54) is 51.5 Å². The third kappa shape index (κ3) is 6.13. The summed E-state index contributed by atoms with van der Waals surface area (Å²) >= 11 is 28.5. The molecule has 0 spiro atoms. The van der Waals surface area contributed by atoms with Crippen LogP contribution in [0.2, 0.25) is 20.1 Å². The van der Waals surface area contributed by atoms with Crippen molar-refractivity contribution in [3.05, 3.63) is 115 Å². The fourth-order valence-electron chi connectivity index (χ4n) is 4.93. The summed E-state index contributed by atoms with van der Waals surface area (Å²) in [6.45, 7) is 0. The molecule has 7 nitrogen and oxygen atoms in total. The van der Waals surface area contributed by atoms with Crippen LogP contribution in [0.5, 0.6) is 0 Å². The van der Waals surface area contributed by atoms with Crippen LogP contribution in [0.4, 0.5) is 13.2 Å². The number of hydrogen-bond donors (Lipinski definition) is 1. The maximum atomic E-state index is 13.8. The lowest BCUT2D eigenvalue weighted by atomic mass is 9.98. The molecule has 0 amide bonds. The largest absolute Gasteiger partial charge is 0.490 e.